The maximum Gasteiger partial charge on any atom is 0.271 e. The fraction of sp³-hybridized carbons (Fsp3) is 0.333. The second-order valence-electron chi connectivity index (χ2n) is 7.41. The minimum absolute atomic E-state index is 0.0644. The molecular formula is C21H22ClN3O4S. The van der Waals surface area contributed by atoms with E-state index in [1.165, 1.54) is 22.5 Å². The fourth-order valence-electron chi connectivity index (χ4n) is 3.89. The first kappa shape index (κ1) is 20.8. The van der Waals surface area contributed by atoms with Crippen LogP contribution in [0.1, 0.15) is 47.2 Å². The number of phenols is 1. The van der Waals surface area contributed by atoms with Crippen molar-refractivity contribution in [2.45, 2.75) is 37.0 Å². The van der Waals surface area contributed by atoms with Gasteiger partial charge in [0.05, 0.1) is 10.6 Å². The van der Waals surface area contributed by atoms with E-state index < -0.39 is 15.9 Å². The van der Waals surface area contributed by atoms with Crippen LogP contribution in [0.2, 0.25) is 5.02 Å². The van der Waals surface area contributed by atoms with Crippen molar-refractivity contribution in [3.63, 3.8) is 0 Å². The Hall–Kier alpha value is -2.42. The molecule has 4 rings (SSSR count). The van der Waals surface area contributed by atoms with E-state index in [0.29, 0.717) is 42.2 Å². The van der Waals surface area contributed by atoms with Crippen LogP contribution in [0.15, 0.2) is 46.4 Å². The lowest BCUT2D eigenvalue weighted by molar-refractivity contribution is 0.0954. The highest BCUT2D eigenvalue weighted by atomic mass is 35.5. The van der Waals surface area contributed by atoms with Gasteiger partial charge in [-0.15, -0.1) is 0 Å². The normalized spacial score (nSPS) is 18.4. The number of halogens is 1. The molecule has 9 heteroatoms. The zero-order chi connectivity index (χ0) is 21.3. The van der Waals surface area contributed by atoms with Crippen LogP contribution < -0.4 is 5.43 Å². The molecule has 0 radical (unpaired) electrons. The Bertz CT molecular complexity index is 1130. The van der Waals surface area contributed by atoms with Gasteiger partial charge in [0, 0.05) is 29.2 Å². The number of carbonyl (C=O) groups excluding carboxylic acids is 1. The van der Waals surface area contributed by atoms with Gasteiger partial charge >= 0.3 is 0 Å². The summed E-state index contributed by atoms with van der Waals surface area (Å²) in [6.07, 6.45) is 3.88. The number of nitrogens with one attached hydrogen (secondary N) is 1. The molecule has 2 aliphatic rings. The number of rotatable bonds is 4. The van der Waals surface area contributed by atoms with Gasteiger partial charge in [0.25, 0.3) is 5.91 Å². The van der Waals surface area contributed by atoms with Crippen molar-refractivity contribution in [2.24, 2.45) is 5.10 Å². The second-order valence-corrected chi connectivity index (χ2v) is 9.76. The largest absolute Gasteiger partial charge is 0.507 e. The van der Waals surface area contributed by atoms with Crippen molar-refractivity contribution >= 4 is 33.2 Å². The van der Waals surface area contributed by atoms with E-state index in [4.69, 9.17) is 11.6 Å². The van der Waals surface area contributed by atoms with Crippen molar-refractivity contribution < 1.29 is 18.3 Å². The summed E-state index contributed by atoms with van der Waals surface area (Å²) >= 11 is 6.18. The number of amides is 1. The number of hydrazone groups is 1. The number of phenolic OH excluding ortho intramolecular Hbond substituents is 1. The lowest BCUT2D eigenvalue weighted by Crippen LogP contribution is -2.35. The van der Waals surface area contributed by atoms with Gasteiger partial charge in [-0.3, -0.25) is 4.79 Å². The number of piperidine rings is 1. The van der Waals surface area contributed by atoms with Gasteiger partial charge in [0.1, 0.15) is 5.75 Å². The molecule has 0 unspecified atom stereocenters. The Morgan fingerprint density at radius 1 is 1.10 bits per heavy atom. The van der Waals surface area contributed by atoms with Gasteiger partial charge in [-0.2, -0.15) is 9.41 Å². The lowest BCUT2D eigenvalue weighted by atomic mass is 10.1. The van der Waals surface area contributed by atoms with Crippen molar-refractivity contribution in [1.29, 1.82) is 0 Å². The molecule has 0 spiro atoms. The molecule has 1 aliphatic heterocycles. The molecular weight excluding hydrogens is 426 g/mol. The second kappa shape index (κ2) is 8.37. The molecule has 0 saturated carbocycles. The van der Waals surface area contributed by atoms with Gasteiger partial charge in [0.2, 0.25) is 10.0 Å². The van der Waals surface area contributed by atoms with Gasteiger partial charge < -0.3 is 5.11 Å². The van der Waals surface area contributed by atoms with E-state index in [2.05, 4.69) is 10.5 Å². The van der Waals surface area contributed by atoms with Crippen LogP contribution in [-0.4, -0.2) is 42.5 Å². The van der Waals surface area contributed by atoms with Crippen molar-refractivity contribution in [3.8, 4) is 5.75 Å². The number of benzene rings is 2. The summed E-state index contributed by atoms with van der Waals surface area (Å²) in [6.45, 7) is 0.996. The Morgan fingerprint density at radius 3 is 2.63 bits per heavy atom. The molecule has 1 heterocycles. The highest BCUT2D eigenvalue weighted by Gasteiger charge is 2.27. The van der Waals surface area contributed by atoms with E-state index >= 15 is 0 Å². The van der Waals surface area contributed by atoms with Gasteiger partial charge in [-0.1, -0.05) is 24.1 Å². The van der Waals surface area contributed by atoms with Crippen molar-refractivity contribution in [1.82, 2.24) is 9.73 Å². The van der Waals surface area contributed by atoms with Crippen molar-refractivity contribution in [3.05, 3.63) is 58.1 Å². The van der Waals surface area contributed by atoms with E-state index in [-0.39, 0.29) is 16.2 Å². The molecule has 0 bridgehead atoms. The quantitative estimate of drug-likeness (QED) is 0.702. The average Bonchev–Trinajstić information content (AvgIpc) is 3.21. The number of aromatic hydroxyl groups is 1. The smallest absolute Gasteiger partial charge is 0.271 e. The molecule has 0 aromatic heterocycles. The minimum atomic E-state index is -3.63. The zero-order valence-electron chi connectivity index (χ0n) is 16.3. The standard InChI is InChI=1S/C21H22ClN3O4S/c22-17-8-10-19(26)20-16(17)7-9-18(20)23-24-21(27)14-5-4-6-15(13-14)30(28,29)25-11-2-1-3-12-25/h4-6,8,10,13,26H,1-3,7,9,11-12H2,(H,24,27)/b23-18-. The highest BCUT2D eigenvalue weighted by Crippen LogP contribution is 2.35. The summed E-state index contributed by atoms with van der Waals surface area (Å²) in [5.74, 6) is -0.456. The summed E-state index contributed by atoms with van der Waals surface area (Å²) in [4.78, 5) is 12.7. The summed E-state index contributed by atoms with van der Waals surface area (Å²) < 4.78 is 27.2. The molecule has 2 N–H and O–H groups in total. The molecule has 7 nitrogen and oxygen atoms in total. The third-order valence-electron chi connectivity index (χ3n) is 5.48. The predicted octanol–water partition coefficient (Wildman–Crippen LogP) is 3.30. The Balaban J connectivity index is 1.54. The SMILES string of the molecule is O=C(N/N=C1/CCc2c(Cl)ccc(O)c21)c1cccc(S(=O)(=O)N2CCCCC2)c1. The number of hydrogen-bond donors (Lipinski definition) is 2. The van der Waals surface area contributed by atoms with E-state index in [0.717, 1.165) is 24.8 Å². The molecule has 1 fully saturated rings. The Kier molecular flexibility index (Phi) is 5.81. The monoisotopic (exact) mass is 447 g/mol. The molecule has 1 saturated heterocycles. The first-order valence-electron chi connectivity index (χ1n) is 9.86. The van der Waals surface area contributed by atoms with Crippen molar-refractivity contribution in [2.75, 3.05) is 13.1 Å². The first-order chi connectivity index (χ1) is 14.4. The third kappa shape index (κ3) is 3.95. The molecule has 158 valence electrons. The van der Waals surface area contributed by atoms with Crippen LogP contribution in [-0.2, 0) is 16.4 Å². The maximum absolute atomic E-state index is 12.9. The summed E-state index contributed by atoms with van der Waals surface area (Å²) in [5.41, 5.74) is 4.56. The topological polar surface area (TPSA) is 99.1 Å². The Morgan fingerprint density at radius 2 is 1.87 bits per heavy atom. The fourth-order valence-corrected chi connectivity index (χ4v) is 5.71. The molecule has 1 amide bonds. The summed E-state index contributed by atoms with van der Waals surface area (Å²) in [5, 5.41) is 14.8. The predicted molar refractivity (Wildman–Crippen MR) is 114 cm³/mol. The van der Waals surface area contributed by atoms with E-state index in [1.807, 2.05) is 0 Å². The lowest BCUT2D eigenvalue weighted by Gasteiger charge is -2.25. The van der Waals surface area contributed by atoms with Crippen LogP contribution in [0, 0.1) is 0 Å². The highest BCUT2D eigenvalue weighted by molar-refractivity contribution is 7.89. The number of sulfonamides is 1. The van der Waals surface area contributed by atoms with Gasteiger partial charge in [-0.25, -0.2) is 13.8 Å². The zero-order valence-corrected chi connectivity index (χ0v) is 17.8. The maximum atomic E-state index is 12.9. The van der Waals surface area contributed by atoms with Crippen LogP contribution in [0.5, 0.6) is 5.75 Å². The molecule has 2 aromatic carbocycles. The van der Waals surface area contributed by atoms with E-state index in [9.17, 15) is 18.3 Å². The number of hydrogen-bond acceptors (Lipinski definition) is 5. The third-order valence-corrected chi connectivity index (χ3v) is 7.72. The summed E-state index contributed by atoms with van der Waals surface area (Å²) in [6, 6.07) is 9.09. The molecule has 30 heavy (non-hydrogen) atoms. The van der Waals surface area contributed by atoms with E-state index in [1.54, 1.807) is 18.2 Å². The average molecular weight is 448 g/mol. The van der Waals surface area contributed by atoms with Gasteiger partial charge in [-0.05, 0) is 61.6 Å². The van der Waals surface area contributed by atoms with Crippen LogP contribution in [0.4, 0.5) is 0 Å². The molecule has 0 atom stereocenters. The first-order valence-corrected chi connectivity index (χ1v) is 11.7. The van der Waals surface area contributed by atoms with Crippen LogP contribution in [0.3, 0.4) is 0 Å². The molecule has 2 aromatic rings. The number of carbonyl (C=O) groups is 1. The number of fused-ring (bicyclic) bond motifs is 1. The Labute approximate surface area is 180 Å². The van der Waals surface area contributed by atoms with Crippen LogP contribution >= 0.6 is 11.6 Å². The van der Waals surface area contributed by atoms with Crippen LogP contribution in [0.25, 0.3) is 0 Å². The minimum Gasteiger partial charge on any atom is -0.507 e. The molecule has 1 aliphatic carbocycles. The van der Waals surface area contributed by atoms with Gasteiger partial charge in [0.15, 0.2) is 0 Å². The summed E-state index contributed by atoms with van der Waals surface area (Å²) in [7, 11) is -3.63. The number of nitrogens with zero attached hydrogens (tertiary/aromatic N) is 2.